The minimum atomic E-state index is -3.16. The van der Waals surface area contributed by atoms with Crippen LogP contribution in [0.5, 0.6) is 0 Å². The van der Waals surface area contributed by atoms with Crippen molar-refractivity contribution in [3.05, 3.63) is 12.2 Å². The Hall–Kier alpha value is -0.880. The summed E-state index contributed by atoms with van der Waals surface area (Å²) in [5.41, 5.74) is 0. The Morgan fingerprint density at radius 1 is 1.27 bits per heavy atom. The molecular weight excluding hydrogens is 350 g/mol. The van der Waals surface area contributed by atoms with Gasteiger partial charge in [-0.2, -0.15) is 0 Å². The number of carbonyl (C=O) groups excluding carboxylic acids is 1. The fourth-order valence-corrected chi connectivity index (χ4v) is 4.82. The molecule has 1 saturated heterocycles. The van der Waals surface area contributed by atoms with E-state index in [1.54, 1.807) is 11.2 Å². The van der Waals surface area contributed by atoms with Crippen LogP contribution in [0.25, 0.3) is 0 Å². The van der Waals surface area contributed by atoms with Gasteiger partial charge in [0.15, 0.2) is 0 Å². The van der Waals surface area contributed by atoms with Crippen LogP contribution in [0.2, 0.25) is 0 Å². The first kappa shape index (κ1) is 23.2. The van der Waals surface area contributed by atoms with E-state index in [-0.39, 0.29) is 11.7 Å². The summed E-state index contributed by atoms with van der Waals surface area (Å²) in [6.07, 6.45) is 11.4. The molecule has 0 aliphatic carbocycles. The molecule has 0 spiro atoms. The number of ether oxygens (including phenoxy) is 1. The van der Waals surface area contributed by atoms with Gasteiger partial charge >= 0.3 is 5.97 Å². The predicted molar refractivity (Wildman–Crippen MR) is 106 cm³/mol. The largest absolute Gasteiger partial charge is 0.466 e. The SMILES string of the molecule is CCCCC=CC(C)CCS(=O)(=O)N1CCC(CCOC(=O)CC)CC1. The van der Waals surface area contributed by atoms with Crippen molar-refractivity contribution in [1.29, 1.82) is 0 Å². The lowest BCUT2D eigenvalue weighted by Gasteiger charge is -2.31. The zero-order valence-electron chi connectivity index (χ0n) is 16.8. The van der Waals surface area contributed by atoms with Crippen LogP contribution in [0.15, 0.2) is 12.2 Å². The van der Waals surface area contributed by atoms with Crippen LogP contribution in [0.4, 0.5) is 0 Å². The first-order valence-corrected chi connectivity index (χ1v) is 11.8. The average molecular weight is 388 g/mol. The third-order valence-corrected chi connectivity index (χ3v) is 6.97. The Bertz CT molecular complexity index is 522. The summed E-state index contributed by atoms with van der Waals surface area (Å²) in [5, 5.41) is 0. The second-order valence-electron chi connectivity index (χ2n) is 7.36. The minimum absolute atomic E-state index is 0.164. The number of rotatable bonds is 12. The maximum Gasteiger partial charge on any atom is 0.305 e. The first-order valence-electron chi connectivity index (χ1n) is 10.2. The van der Waals surface area contributed by atoms with Crippen LogP contribution in [0, 0.1) is 11.8 Å². The van der Waals surface area contributed by atoms with Crippen LogP contribution >= 0.6 is 0 Å². The highest BCUT2D eigenvalue weighted by Crippen LogP contribution is 2.23. The third kappa shape index (κ3) is 9.17. The lowest BCUT2D eigenvalue weighted by atomic mass is 9.95. The van der Waals surface area contributed by atoms with Crippen LogP contribution in [0.3, 0.4) is 0 Å². The van der Waals surface area contributed by atoms with Crippen molar-refractivity contribution in [2.24, 2.45) is 11.8 Å². The highest BCUT2D eigenvalue weighted by molar-refractivity contribution is 7.89. The highest BCUT2D eigenvalue weighted by Gasteiger charge is 2.27. The number of sulfonamides is 1. The normalized spacial score (nSPS) is 18.3. The molecule has 0 aromatic heterocycles. The Morgan fingerprint density at radius 2 is 1.96 bits per heavy atom. The molecule has 1 fully saturated rings. The summed E-state index contributed by atoms with van der Waals surface area (Å²) in [6, 6.07) is 0. The molecule has 1 heterocycles. The number of hydrogen-bond donors (Lipinski definition) is 0. The molecule has 0 N–H and O–H groups in total. The third-order valence-electron chi connectivity index (χ3n) is 5.06. The standard InChI is InChI=1S/C20H37NO4S/c1-4-6-7-8-9-18(3)13-17-26(23,24)21-14-10-19(11-15-21)12-16-25-20(22)5-2/h8-9,18-19H,4-7,10-17H2,1-3H3. The summed E-state index contributed by atoms with van der Waals surface area (Å²) in [7, 11) is -3.16. The lowest BCUT2D eigenvalue weighted by molar-refractivity contribution is -0.143. The van der Waals surface area contributed by atoms with Crippen LogP contribution in [-0.4, -0.2) is 44.1 Å². The summed E-state index contributed by atoms with van der Waals surface area (Å²) in [4.78, 5) is 11.1. The van der Waals surface area contributed by atoms with Gasteiger partial charge in [-0.1, -0.05) is 45.8 Å². The molecule has 152 valence electrons. The van der Waals surface area contributed by atoms with Gasteiger partial charge in [0, 0.05) is 19.5 Å². The van der Waals surface area contributed by atoms with Gasteiger partial charge in [-0.3, -0.25) is 4.79 Å². The molecule has 1 aliphatic rings. The molecule has 1 atom stereocenters. The minimum Gasteiger partial charge on any atom is -0.466 e. The fourth-order valence-electron chi connectivity index (χ4n) is 3.13. The van der Waals surface area contributed by atoms with Crippen molar-refractivity contribution in [3.63, 3.8) is 0 Å². The molecule has 0 amide bonds. The Balaban J connectivity index is 2.29. The van der Waals surface area contributed by atoms with E-state index in [0.717, 1.165) is 25.7 Å². The number of esters is 1. The maximum atomic E-state index is 12.5. The number of piperidine rings is 1. The Kier molecular flexibility index (Phi) is 11.1. The highest BCUT2D eigenvalue weighted by atomic mass is 32.2. The maximum absolute atomic E-state index is 12.5. The summed E-state index contributed by atoms with van der Waals surface area (Å²) < 4.78 is 31.9. The van der Waals surface area contributed by atoms with Crippen molar-refractivity contribution in [3.8, 4) is 0 Å². The topological polar surface area (TPSA) is 63.7 Å². The van der Waals surface area contributed by atoms with Crippen LogP contribution in [-0.2, 0) is 19.6 Å². The quantitative estimate of drug-likeness (QED) is 0.287. The van der Waals surface area contributed by atoms with E-state index in [1.165, 1.54) is 12.8 Å². The molecular formula is C20H37NO4S. The summed E-state index contributed by atoms with van der Waals surface area (Å²) >= 11 is 0. The lowest BCUT2D eigenvalue weighted by Crippen LogP contribution is -2.40. The molecule has 0 radical (unpaired) electrons. The smallest absolute Gasteiger partial charge is 0.305 e. The van der Waals surface area contributed by atoms with Crippen LogP contribution < -0.4 is 0 Å². The van der Waals surface area contributed by atoms with Gasteiger partial charge in [0.25, 0.3) is 0 Å². The number of allylic oxidation sites excluding steroid dienone is 2. The Labute approximate surface area is 160 Å². The van der Waals surface area contributed by atoms with E-state index in [2.05, 4.69) is 26.0 Å². The number of nitrogens with zero attached hydrogens (tertiary/aromatic N) is 1. The van der Waals surface area contributed by atoms with Crippen molar-refractivity contribution in [1.82, 2.24) is 4.31 Å². The molecule has 5 nitrogen and oxygen atoms in total. The summed E-state index contributed by atoms with van der Waals surface area (Å²) in [6.45, 7) is 7.68. The van der Waals surface area contributed by atoms with E-state index in [9.17, 15) is 13.2 Å². The van der Waals surface area contributed by atoms with Gasteiger partial charge < -0.3 is 4.74 Å². The van der Waals surface area contributed by atoms with Crippen LogP contribution in [0.1, 0.15) is 72.1 Å². The second-order valence-corrected chi connectivity index (χ2v) is 9.45. The van der Waals surface area contributed by atoms with E-state index in [4.69, 9.17) is 4.74 Å². The van der Waals surface area contributed by atoms with Crippen molar-refractivity contribution in [2.45, 2.75) is 72.1 Å². The molecule has 0 aromatic carbocycles. The molecule has 0 aromatic rings. The van der Waals surface area contributed by atoms with Gasteiger partial charge in [0.05, 0.1) is 12.4 Å². The zero-order valence-corrected chi connectivity index (χ0v) is 17.6. The van der Waals surface area contributed by atoms with Crippen molar-refractivity contribution < 1.29 is 17.9 Å². The number of hydrogen-bond acceptors (Lipinski definition) is 4. The van der Waals surface area contributed by atoms with Gasteiger partial charge in [-0.05, 0) is 43.9 Å². The Morgan fingerprint density at radius 3 is 2.58 bits per heavy atom. The summed E-state index contributed by atoms with van der Waals surface area (Å²) in [5.74, 6) is 0.812. The van der Waals surface area contributed by atoms with E-state index < -0.39 is 10.0 Å². The van der Waals surface area contributed by atoms with Gasteiger partial charge in [0.2, 0.25) is 10.0 Å². The molecule has 1 rings (SSSR count). The number of unbranched alkanes of at least 4 members (excludes halogenated alkanes) is 2. The predicted octanol–water partition coefficient (Wildman–Crippen LogP) is 4.14. The fraction of sp³-hybridized carbons (Fsp3) is 0.850. The molecule has 0 saturated carbocycles. The molecule has 1 unspecified atom stereocenters. The van der Waals surface area contributed by atoms with E-state index >= 15 is 0 Å². The second kappa shape index (κ2) is 12.5. The monoisotopic (exact) mass is 387 g/mol. The van der Waals surface area contributed by atoms with Gasteiger partial charge in [-0.15, -0.1) is 0 Å². The zero-order chi connectivity index (χ0) is 19.4. The molecule has 1 aliphatic heterocycles. The molecule has 6 heteroatoms. The van der Waals surface area contributed by atoms with E-state index in [0.29, 0.717) is 44.4 Å². The van der Waals surface area contributed by atoms with Crippen molar-refractivity contribution in [2.75, 3.05) is 25.4 Å². The average Bonchev–Trinajstić information content (AvgIpc) is 2.64. The molecule has 0 bridgehead atoms. The van der Waals surface area contributed by atoms with Gasteiger partial charge in [0.1, 0.15) is 0 Å². The molecule has 26 heavy (non-hydrogen) atoms. The first-order chi connectivity index (χ1) is 12.4. The van der Waals surface area contributed by atoms with Crippen molar-refractivity contribution >= 4 is 16.0 Å². The van der Waals surface area contributed by atoms with E-state index in [1.807, 2.05) is 0 Å². The number of carbonyl (C=O) groups is 1. The van der Waals surface area contributed by atoms with Gasteiger partial charge in [-0.25, -0.2) is 12.7 Å².